The third kappa shape index (κ3) is 5.97. The number of nitro benzene ring substituents is 1. The largest absolute Gasteiger partial charge is 0.508 e. The Morgan fingerprint density at radius 1 is 1.42 bits per heavy atom. The highest BCUT2D eigenvalue weighted by atomic mass is 127. The van der Waals surface area contributed by atoms with Crippen molar-refractivity contribution < 1.29 is 29.0 Å². The van der Waals surface area contributed by atoms with E-state index in [0.29, 0.717) is 14.7 Å². The van der Waals surface area contributed by atoms with Crippen LogP contribution in [0.1, 0.15) is 36.6 Å². The first kappa shape index (κ1) is 24.9. The Morgan fingerprint density at radius 3 is 2.85 bits per heavy atom. The van der Waals surface area contributed by atoms with Crippen LogP contribution >= 0.6 is 22.6 Å². The number of H-pyrrole nitrogens is 1. The lowest BCUT2D eigenvalue weighted by Crippen LogP contribution is -2.33. The van der Waals surface area contributed by atoms with Gasteiger partial charge in [-0.25, -0.2) is 9.59 Å². The summed E-state index contributed by atoms with van der Waals surface area (Å²) >= 11 is 1.97. The van der Waals surface area contributed by atoms with Gasteiger partial charge in [-0.15, -0.1) is 0 Å². The number of nitrogens with one attached hydrogen (secondary N) is 1. The van der Waals surface area contributed by atoms with Crippen molar-refractivity contribution in [2.75, 3.05) is 13.2 Å². The van der Waals surface area contributed by atoms with Crippen molar-refractivity contribution in [3.63, 3.8) is 0 Å². The molecule has 0 saturated carbocycles. The van der Waals surface area contributed by atoms with E-state index in [4.69, 9.17) is 14.2 Å². The number of hydrogen-bond donors (Lipinski definition) is 2. The number of nitrogens with zero attached hydrogens (tertiary/aromatic N) is 2. The van der Waals surface area contributed by atoms with Gasteiger partial charge in [0.2, 0.25) is 0 Å². The maximum absolute atomic E-state index is 12.0. The number of rotatable bonds is 7. The van der Waals surface area contributed by atoms with E-state index in [1.165, 1.54) is 19.2 Å². The lowest BCUT2D eigenvalue weighted by atomic mass is 10.0. The van der Waals surface area contributed by atoms with E-state index in [1.807, 2.05) is 22.6 Å². The van der Waals surface area contributed by atoms with Gasteiger partial charge in [0, 0.05) is 39.3 Å². The second-order valence-electron chi connectivity index (χ2n) is 7.64. The quantitative estimate of drug-likeness (QED) is 0.218. The van der Waals surface area contributed by atoms with E-state index in [-0.39, 0.29) is 25.3 Å². The number of aryl methyl sites for hydroxylation is 1. The van der Waals surface area contributed by atoms with E-state index in [1.54, 1.807) is 19.1 Å². The molecule has 33 heavy (non-hydrogen) atoms. The lowest BCUT2D eigenvalue weighted by Gasteiger charge is -2.17. The minimum absolute atomic E-state index is 0.0575. The first-order chi connectivity index (χ1) is 15.6. The number of carbonyl (C=O) groups excluding carboxylic acids is 1. The Labute approximate surface area is 200 Å². The van der Waals surface area contributed by atoms with Gasteiger partial charge < -0.3 is 19.3 Å². The molecule has 4 atom stereocenters. The molecule has 3 rings (SSSR count). The van der Waals surface area contributed by atoms with Crippen LogP contribution in [0.5, 0.6) is 0 Å². The van der Waals surface area contributed by atoms with Gasteiger partial charge in [-0.2, -0.15) is 0 Å². The van der Waals surface area contributed by atoms with Crippen LogP contribution in [0.25, 0.3) is 0 Å². The summed E-state index contributed by atoms with van der Waals surface area (Å²) in [6.07, 6.45) is -2.39. The molecular weight excluding hydrogens is 553 g/mol. The third-order valence-electron chi connectivity index (χ3n) is 5.20. The first-order valence-electron chi connectivity index (χ1n) is 9.95. The predicted molar refractivity (Wildman–Crippen MR) is 122 cm³/mol. The van der Waals surface area contributed by atoms with Crippen molar-refractivity contribution >= 4 is 34.4 Å². The smallest absolute Gasteiger partial charge is 0.434 e. The fraction of sp³-hybridized carbons (Fsp3) is 0.450. The summed E-state index contributed by atoms with van der Waals surface area (Å²) in [4.78, 5) is 48.5. The Balaban J connectivity index is 1.53. The highest BCUT2D eigenvalue weighted by molar-refractivity contribution is 14.1. The van der Waals surface area contributed by atoms with Crippen LogP contribution in [-0.4, -0.2) is 51.2 Å². The molecule has 2 heterocycles. The number of aliphatic hydroxyl groups is 1. The summed E-state index contributed by atoms with van der Waals surface area (Å²) in [7, 11) is 0. The summed E-state index contributed by atoms with van der Waals surface area (Å²) < 4.78 is 17.6. The van der Waals surface area contributed by atoms with Crippen molar-refractivity contribution in [3.8, 4) is 0 Å². The molecule has 1 fully saturated rings. The van der Waals surface area contributed by atoms with E-state index in [0.717, 1.165) is 4.57 Å². The van der Waals surface area contributed by atoms with Crippen molar-refractivity contribution in [2.24, 2.45) is 0 Å². The maximum Gasteiger partial charge on any atom is 0.508 e. The first-order valence-corrected chi connectivity index (χ1v) is 11.0. The lowest BCUT2D eigenvalue weighted by molar-refractivity contribution is -0.385. The van der Waals surface area contributed by atoms with Gasteiger partial charge in [0.15, 0.2) is 0 Å². The fourth-order valence-corrected chi connectivity index (χ4v) is 3.88. The molecule has 1 aliphatic heterocycles. The van der Waals surface area contributed by atoms with Crippen LogP contribution in [0.15, 0.2) is 34.0 Å². The summed E-state index contributed by atoms with van der Waals surface area (Å²) in [5.41, 5.74) is -0.525. The Bertz CT molecular complexity index is 1160. The number of aromatic amines is 1. The highest BCUT2D eigenvalue weighted by Crippen LogP contribution is 2.29. The van der Waals surface area contributed by atoms with Crippen LogP contribution in [-0.2, 0) is 14.2 Å². The minimum Gasteiger partial charge on any atom is -0.434 e. The molecule has 178 valence electrons. The number of aromatic nitrogens is 2. The molecule has 13 heteroatoms. The molecule has 1 aliphatic rings. The van der Waals surface area contributed by atoms with Gasteiger partial charge in [0.25, 0.3) is 11.2 Å². The molecule has 0 spiro atoms. The highest BCUT2D eigenvalue weighted by Gasteiger charge is 2.36. The molecule has 2 aromatic rings. The number of carbonyl (C=O) groups is 1. The average Bonchev–Trinajstić information content (AvgIpc) is 3.13. The maximum atomic E-state index is 12.0. The number of halogens is 1. The van der Waals surface area contributed by atoms with Gasteiger partial charge in [0.1, 0.15) is 25.5 Å². The second-order valence-corrected chi connectivity index (χ2v) is 8.89. The van der Waals surface area contributed by atoms with Crippen LogP contribution in [0.3, 0.4) is 0 Å². The predicted octanol–water partition coefficient (Wildman–Crippen LogP) is 1.96. The van der Waals surface area contributed by atoms with Crippen molar-refractivity contribution in [1.29, 1.82) is 0 Å². The number of nitro groups is 1. The molecule has 1 unspecified atom stereocenters. The zero-order chi connectivity index (χ0) is 24.3. The Kier molecular flexibility index (Phi) is 7.86. The summed E-state index contributed by atoms with van der Waals surface area (Å²) in [6.45, 7) is 2.73. The molecule has 1 aromatic carbocycles. The van der Waals surface area contributed by atoms with E-state index < -0.39 is 46.7 Å². The number of benzene rings is 1. The molecule has 1 saturated heterocycles. The average molecular weight is 575 g/mol. The molecular formula is C20H22IN3O9. The fourth-order valence-electron chi connectivity index (χ4n) is 3.40. The third-order valence-corrected chi connectivity index (χ3v) is 5.87. The summed E-state index contributed by atoms with van der Waals surface area (Å²) in [6, 6.07) is 4.78. The van der Waals surface area contributed by atoms with Crippen LogP contribution in [0.4, 0.5) is 10.5 Å². The molecule has 12 nitrogen and oxygen atoms in total. The van der Waals surface area contributed by atoms with Gasteiger partial charge in [-0.3, -0.25) is 24.5 Å². The summed E-state index contributed by atoms with van der Waals surface area (Å²) in [5, 5.41) is 21.5. The van der Waals surface area contributed by atoms with Gasteiger partial charge in [-0.1, -0.05) is 13.0 Å². The van der Waals surface area contributed by atoms with Crippen LogP contribution in [0.2, 0.25) is 0 Å². The zero-order valence-electron chi connectivity index (χ0n) is 17.7. The molecule has 0 radical (unpaired) electrons. The Morgan fingerprint density at radius 2 is 2.15 bits per heavy atom. The standard InChI is InChI=1S/C20H22IN3O9/c1-10-7-23(19(27)22-18(10)26)17-6-15(25)16(33-17)9-32-20(28)31-8-11(2)13-4-3-12(21)5-14(13)24(29)30/h3-5,7,11,15-17,25H,6,8-9H2,1-2H3,(H,22,26,27)/t11?,15-,16+,17+/m0/s1. The van der Waals surface area contributed by atoms with Gasteiger partial charge in [-0.05, 0) is 35.6 Å². The van der Waals surface area contributed by atoms with E-state index in [2.05, 4.69) is 4.98 Å². The van der Waals surface area contributed by atoms with E-state index >= 15 is 0 Å². The molecule has 2 N–H and O–H groups in total. The molecule has 0 amide bonds. The number of hydrogen-bond acceptors (Lipinski definition) is 9. The van der Waals surface area contributed by atoms with E-state index in [9.17, 15) is 29.6 Å². The number of aliphatic hydroxyl groups excluding tert-OH is 1. The second kappa shape index (κ2) is 10.4. The SMILES string of the molecule is Cc1cn([C@H]2C[C@H](O)[C@@H](COC(=O)OCC(C)c3ccc(I)cc3[N+](=O)[O-])O2)c(=O)[nH]c1=O. The molecule has 1 aromatic heterocycles. The van der Waals surface area contributed by atoms with Crippen LogP contribution in [0, 0.1) is 20.6 Å². The number of ether oxygens (including phenoxy) is 3. The minimum atomic E-state index is -1.02. The zero-order valence-corrected chi connectivity index (χ0v) is 19.9. The van der Waals surface area contributed by atoms with Crippen molar-refractivity contribution in [3.05, 3.63) is 70.0 Å². The monoisotopic (exact) mass is 575 g/mol. The Hall–Kier alpha value is -2.78. The molecule has 0 bridgehead atoms. The van der Waals surface area contributed by atoms with Gasteiger partial charge in [0.05, 0.1) is 11.0 Å². The van der Waals surface area contributed by atoms with Crippen LogP contribution < -0.4 is 11.2 Å². The van der Waals surface area contributed by atoms with Gasteiger partial charge >= 0.3 is 11.8 Å². The topological polar surface area (TPSA) is 163 Å². The van der Waals surface area contributed by atoms with Crippen molar-refractivity contribution in [1.82, 2.24) is 9.55 Å². The molecule has 0 aliphatic carbocycles. The summed E-state index contributed by atoms with van der Waals surface area (Å²) in [5.74, 6) is -0.456. The normalized spacial score (nSPS) is 20.9. The van der Waals surface area contributed by atoms with Crippen molar-refractivity contribution in [2.45, 2.75) is 44.6 Å².